The maximum atomic E-state index is 11.2. The highest BCUT2D eigenvalue weighted by atomic mass is 16.4. The van der Waals surface area contributed by atoms with Gasteiger partial charge in [-0.3, -0.25) is 9.69 Å². The van der Waals surface area contributed by atoms with Crippen molar-refractivity contribution in [2.45, 2.75) is 38.6 Å². The number of hydrogen-bond donors (Lipinski definition) is 1. The van der Waals surface area contributed by atoms with Gasteiger partial charge in [-0.15, -0.1) is 0 Å². The Bertz CT molecular complexity index is 421. The summed E-state index contributed by atoms with van der Waals surface area (Å²) in [6.45, 7) is 6.10. The molecule has 1 atom stereocenters. The Morgan fingerprint density at radius 2 is 1.83 bits per heavy atom. The Balaban J connectivity index is 2.33. The number of carbonyl (C=O) groups is 1. The lowest BCUT2D eigenvalue weighted by molar-refractivity contribution is -0.140. The molecule has 0 amide bonds. The van der Waals surface area contributed by atoms with E-state index in [4.69, 9.17) is 0 Å². The van der Waals surface area contributed by atoms with Crippen LogP contribution in [0.15, 0.2) is 24.3 Å². The van der Waals surface area contributed by atoms with Crippen molar-refractivity contribution in [2.24, 2.45) is 0 Å². The van der Waals surface area contributed by atoms with Crippen LogP contribution in [0.5, 0.6) is 0 Å². The molecule has 0 aromatic heterocycles. The van der Waals surface area contributed by atoms with Gasteiger partial charge in [0.05, 0.1) is 12.0 Å². The first-order chi connectivity index (χ1) is 8.52. The Morgan fingerprint density at radius 1 is 1.28 bits per heavy atom. The van der Waals surface area contributed by atoms with Crippen LogP contribution in [0.4, 0.5) is 0 Å². The van der Waals surface area contributed by atoms with E-state index in [-0.39, 0.29) is 12.0 Å². The Kier molecular flexibility index (Phi) is 3.71. The summed E-state index contributed by atoms with van der Waals surface area (Å²) >= 11 is 0. The number of likely N-dealkylation sites (tertiary alicyclic amines) is 1. The predicted molar refractivity (Wildman–Crippen MR) is 71.6 cm³/mol. The third-order valence-corrected chi connectivity index (χ3v) is 3.97. The van der Waals surface area contributed by atoms with Crippen LogP contribution in [0.2, 0.25) is 0 Å². The summed E-state index contributed by atoms with van der Waals surface area (Å²) in [7, 11) is 0. The highest BCUT2D eigenvalue weighted by molar-refractivity contribution is 5.69. The second-order valence-electron chi connectivity index (χ2n) is 5.40. The molecule has 1 aliphatic rings. The molecule has 0 saturated carbocycles. The van der Waals surface area contributed by atoms with Crippen LogP contribution in [0.1, 0.15) is 37.3 Å². The Labute approximate surface area is 108 Å². The van der Waals surface area contributed by atoms with Gasteiger partial charge in [-0.1, -0.05) is 29.8 Å². The van der Waals surface area contributed by atoms with Gasteiger partial charge in [0.2, 0.25) is 0 Å². The minimum absolute atomic E-state index is 0.163. The fraction of sp³-hybridized carbons (Fsp3) is 0.533. The summed E-state index contributed by atoms with van der Waals surface area (Å²) in [4.78, 5) is 13.5. The molecule has 18 heavy (non-hydrogen) atoms. The summed E-state index contributed by atoms with van der Waals surface area (Å²) in [5, 5.41) is 9.20. The minimum atomic E-state index is -0.732. The Morgan fingerprint density at radius 3 is 2.33 bits per heavy atom. The number of carboxylic acids is 1. The molecule has 3 heteroatoms. The molecule has 1 saturated heterocycles. The number of benzene rings is 1. The van der Waals surface area contributed by atoms with Crippen LogP contribution < -0.4 is 0 Å². The first kappa shape index (κ1) is 13.1. The highest BCUT2D eigenvalue weighted by Crippen LogP contribution is 2.34. The van der Waals surface area contributed by atoms with Gasteiger partial charge in [0.15, 0.2) is 0 Å². The van der Waals surface area contributed by atoms with Crippen LogP contribution in [-0.2, 0) is 10.3 Å². The average molecular weight is 247 g/mol. The molecule has 1 heterocycles. The van der Waals surface area contributed by atoms with E-state index in [1.54, 1.807) is 0 Å². The van der Waals surface area contributed by atoms with Crippen LogP contribution in [-0.4, -0.2) is 29.1 Å². The van der Waals surface area contributed by atoms with Gasteiger partial charge in [-0.05, 0) is 45.3 Å². The normalized spacial score (nSPS) is 19.7. The maximum Gasteiger partial charge on any atom is 0.305 e. The zero-order valence-electron chi connectivity index (χ0n) is 11.1. The van der Waals surface area contributed by atoms with Gasteiger partial charge in [-0.2, -0.15) is 0 Å². The molecular weight excluding hydrogens is 226 g/mol. The van der Waals surface area contributed by atoms with E-state index in [1.165, 1.54) is 18.4 Å². The van der Waals surface area contributed by atoms with Crippen molar-refractivity contribution in [1.82, 2.24) is 4.90 Å². The fourth-order valence-electron chi connectivity index (χ4n) is 2.81. The van der Waals surface area contributed by atoms with Gasteiger partial charge in [0.25, 0.3) is 0 Å². The first-order valence-corrected chi connectivity index (χ1v) is 6.56. The van der Waals surface area contributed by atoms with Crippen molar-refractivity contribution in [1.29, 1.82) is 0 Å². The summed E-state index contributed by atoms with van der Waals surface area (Å²) in [6, 6.07) is 8.25. The molecule has 3 nitrogen and oxygen atoms in total. The predicted octanol–water partition coefficient (Wildman–Crippen LogP) is 2.78. The van der Waals surface area contributed by atoms with Crippen molar-refractivity contribution in [3.8, 4) is 0 Å². The summed E-state index contributed by atoms with van der Waals surface area (Å²) in [6.07, 6.45) is 2.50. The lowest BCUT2D eigenvalue weighted by Crippen LogP contribution is -2.43. The van der Waals surface area contributed by atoms with Gasteiger partial charge in [0.1, 0.15) is 0 Å². The molecule has 0 spiro atoms. The van der Waals surface area contributed by atoms with Gasteiger partial charge in [0, 0.05) is 0 Å². The molecule has 1 N–H and O–H groups in total. The lowest BCUT2D eigenvalue weighted by atomic mass is 9.86. The van der Waals surface area contributed by atoms with Gasteiger partial charge < -0.3 is 5.11 Å². The molecule has 0 bridgehead atoms. The standard InChI is InChI=1S/C15H21NO2/c1-12-5-7-13(8-6-12)15(2,11-14(17)18)16-9-3-4-10-16/h5-8H,3-4,9-11H2,1-2H3,(H,17,18). The smallest absolute Gasteiger partial charge is 0.305 e. The third kappa shape index (κ3) is 2.56. The molecule has 1 unspecified atom stereocenters. The van der Waals surface area contributed by atoms with E-state index in [0.29, 0.717) is 0 Å². The molecule has 98 valence electrons. The summed E-state index contributed by atoms with van der Waals surface area (Å²) < 4.78 is 0. The third-order valence-electron chi connectivity index (χ3n) is 3.97. The quantitative estimate of drug-likeness (QED) is 0.889. The summed E-state index contributed by atoms with van der Waals surface area (Å²) in [5.41, 5.74) is 1.94. The fourth-order valence-corrected chi connectivity index (χ4v) is 2.81. The number of hydrogen-bond acceptors (Lipinski definition) is 2. The van der Waals surface area contributed by atoms with Gasteiger partial charge in [-0.25, -0.2) is 0 Å². The van der Waals surface area contributed by atoms with Crippen molar-refractivity contribution in [2.75, 3.05) is 13.1 Å². The minimum Gasteiger partial charge on any atom is -0.481 e. The van der Waals surface area contributed by atoms with E-state index < -0.39 is 5.97 Å². The number of carboxylic acid groups (broad SMARTS) is 1. The van der Waals surface area contributed by atoms with Crippen LogP contribution in [0, 0.1) is 6.92 Å². The van der Waals surface area contributed by atoms with E-state index in [9.17, 15) is 9.90 Å². The number of aliphatic carboxylic acids is 1. The molecule has 1 aliphatic heterocycles. The number of aryl methyl sites for hydroxylation is 1. The monoisotopic (exact) mass is 247 g/mol. The van der Waals surface area contributed by atoms with Crippen molar-refractivity contribution in [3.05, 3.63) is 35.4 Å². The van der Waals surface area contributed by atoms with E-state index in [0.717, 1.165) is 18.7 Å². The molecule has 1 fully saturated rings. The van der Waals surface area contributed by atoms with Crippen molar-refractivity contribution < 1.29 is 9.90 Å². The second kappa shape index (κ2) is 5.11. The maximum absolute atomic E-state index is 11.2. The number of rotatable bonds is 4. The molecule has 1 aromatic rings. The lowest BCUT2D eigenvalue weighted by Gasteiger charge is -2.38. The van der Waals surface area contributed by atoms with Crippen molar-refractivity contribution in [3.63, 3.8) is 0 Å². The molecular formula is C15H21NO2. The SMILES string of the molecule is Cc1ccc(C(C)(CC(=O)O)N2CCCC2)cc1. The average Bonchev–Trinajstić information content (AvgIpc) is 2.82. The zero-order chi connectivity index (χ0) is 13.2. The molecule has 0 aliphatic carbocycles. The summed E-state index contributed by atoms with van der Waals surface area (Å²) in [5.74, 6) is -0.732. The zero-order valence-corrected chi connectivity index (χ0v) is 11.1. The van der Waals surface area contributed by atoms with Crippen molar-refractivity contribution >= 4 is 5.97 Å². The van der Waals surface area contributed by atoms with E-state index >= 15 is 0 Å². The molecule has 0 radical (unpaired) electrons. The van der Waals surface area contributed by atoms with Crippen LogP contribution in [0.3, 0.4) is 0 Å². The Hall–Kier alpha value is -1.35. The number of nitrogens with zero attached hydrogens (tertiary/aromatic N) is 1. The van der Waals surface area contributed by atoms with Crippen LogP contribution >= 0.6 is 0 Å². The first-order valence-electron chi connectivity index (χ1n) is 6.56. The molecule has 1 aromatic carbocycles. The van der Waals surface area contributed by atoms with E-state index in [2.05, 4.69) is 36.1 Å². The second-order valence-corrected chi connectivity index (χ2v) is 5.40. The highest BCUT2D eigenvalue weighted by Gasteiger charge is 2.37. The topological polar surface area (TPSA) is 40.5 Å². The molecule has 2 rings (SSSR count). The van der Waals surface area contributed by atoms with Crippen LogP contribution in [0.25, 0.3) is 0 Å². The largest absolute Gasteiger partial charge is 0.481 e. The van der Waals surface area contributed by atoms with E-state index in [1.807, 2.05) is 6.92 Å². The van der Waals surface area contributed by atoms with Gasteiger partial charge >= 0.3 is 5.97 Å².